The van der Waals surface area contributed by atoms with Crippen molar-refractivity contribution in [2.45, 2.75) is 0 Å². The Hall–Kier alpha value is -1.16. The van der Waals surface area contributed by atoms with E-state index in [1.54, 1.807) is 0 Å². The number of hydrogen-bond acceptors (Lipinski definition) is 5. The second-order valence-corrected chi connectivity index (χ2v) is 5.39. The summed E-state index contributed by atoms with van der Waals surface area (Å²) in [6.07, 6.45) is 0. The number of piperazine rings is 2. The Kier molecular flexibility index (Phi) is 5.14. The molecule has 0 aliphatic carbocycles. The minimum atomic E-state index is 0.252. The van der Waals surface area contributed by atoms with Crippen molar-refractivity contribution in [3.63, 3.8) is 0 Å². The van der Waals surface area contributed by atoms with Crippen molar-refractivity contribution in [1.29, 1.82) is 5.26 Å². The molecule has 106 valence electrons. The number of carbonyl (C=O) groups is 1. The lowest BCUT2D eigenvalue weighted by Gasteiger charge is -2.36. The highest BCUT2D eigenvalue weighted by Crippen LogP contribution is 2.04. The summed E-state index contributed by atoms with van der Waals surface area (Å²) in [4.78, 5) is 20.7. The molecule has 0 saturated carbocycles. The van der Waals surface area contributed by atoms with Crippen LogP contribution in [-0.2, 0) is 4.79 Å². The molecule has 2 aliphatic heterocycles. The Morgan fingerprint density at radius 1 is 1.00 bits per heavy atom. The van der Waals surface area contributed by atoms with E-state index < -0.39 is 0 Å². The summed E-state index contributed by atoms with van der Waals surface area (Å²) in [5, 5.41) is 8.65. The number of rotatable bonds is 3. The molecule has 2 saturated heterocycles. The summed E-state index contributed by atoms with van der Waals surface area (Å²) in [6.45, 7) is 8.25. The predicted octanol–water partition coefficient (Wildman–Crippen LogP) is -1.10. The highest BCUT2D eigenvalue weighted by atomic mass is 16.2. The van der Waals surface area contributed by atoms with E-state index in [1.165, 1.54) is 0 Å². The summed E-state index contributed by atoms with van der Waals surface area (Å²) >= 11 is 0. The molecule has 0 radical (unpaired) electrons. The van der Waals surface area contributed by atoms with Gasteiger partial charge in [-0.25, -0.2) is 0 Å². The van der Waals surface area contributed by atoms with Crippen molar-refractivity contribution < 1.29 is 4.79 Å². The van der Waals surface area contributed by atoms with E-state index >= 15 is 0 Å². The fourth-order valence-electron chi connectivity index (χ4n) is 2.55. The zero-order valence-electron chi connectivity index (χ0n) is 11.7. The van der Waals surface area contributed by atoms with Crippen LogP contribution in [0.1, 0.15) is 0 Å². The van der Waals surface area contributed by atoms with Gasteiger partial charge in [0.2, 0.25) is 5.91 Å². The molecule has 2 rings (SSSR count). The molecule has 2 aliphatic rings. The van der Waals surface area contributed by atoms with Gasteiger partial charge in [-0.1, -0.05) is 0 Å². The molecule has 1 amide bonds. The third kappa shape index (κ3) is 4.16. The predicted molar refractivity (Wildman–Crippen MR) is 72.6 cm³/mol. The van der Waals surface area contributed by atoms with Crippen molar-refractivity contribution in [3.05, 3.63) is 0 Å². The van der Waals surface area contributed by atoms with E-state index in [0.29, 0.717) is 13.1 Å². The van der Waals surface area contributed by atoms with Gasteiger partial charge in [0, 0.05) is 52.4 Å². The van der Waals surface area contributed by atoms with Gasteiger partial charge >= 0.3 is 0 Å². The second-order valence-electron chi connectivity index (χ2n) is 5.39. The van der Waals surface area contributed by atoms with E-state index in [-0.39, 0.29) is 5.91 Å². The molecule has 19 heavy (non-hydrogen) atoms. The molecule has 6 heteroatoms. The van der Waals surface area contributed by atoms with E-state index in [9.17, 15) is 4.79 Å². The lowest BCUT2D eigenvalue weighted by Crippen LogP contribution is -2.53. The maximum Gasteiger partial charge on any atom is 0.236 e. The molecule has 0 aromatic rings. The summed E-state index contributed by atoms with van der Waals surface area (Å²) in [5.74, 6) is 0.252. The molecule has 0 aromatic heterocycles. The lowest BCUT2D eigenvalue weighted by molar-refractivity contribution is -0.134. The van der Waals surface area contributed by atoms with E-state index in [4.69, 9.17) is 5.26 Å². The largest absolute Gasteiger partial charge is 0.339 e. The Bertz CT molecular complexity index is 337. The third-order valence-corrected chi connectivity index (χ3v) is 3.97. The average Bonchev–Trinajstić information content (AvgIpc) is 2.42. The van der Waals surface area contributed by atoms with Crippen LogP contribution < -0.4 is 0 Å². The minimum absolute atomic E-state index is 0.252. The normalized spacial score (nSPS) is 23.3. The molecular formula is C13H23N5O. The smallest absolute Gasteiger partial charge is 0.236 e. The van der Waals surface area contributed by atoms with Gasteiger partial charge in [-0.2, -0.15) is 5.26 Å². The SMILES string of the molecule is CN1CCN(C(=O)CN2CCN(CC#N)CC2)CC1. The molecule has 6 nitrogen and oxygen atoms in total. The van der Waals surface area contributed by atoms with Crippen molar-refractivity contribution in [2.75, 3.05) is 72.5 Å². The zero-order valence-corrected chi connectivity index (χ0v) is 11.7. The fourth-order valence-corrected chi connectivity index (χ4v) is 2.55. The third-order valence-electron chi connectivity index (χ3n) is 3.97. The molecule has 0 aromatic carbocycles. The molecule has 2 fully saturated rings. The van der Waals surface area contributed by atoms with Crippen LogP contribution in [0.5, 0.6) is 0 Å². The van der Waals surface area contributed by atoms with Crippen LogP contribution in [0, 0.1) is 11.3 Å². The van der Waals surface area contributed by atoms with Crippen LogP contribution in [0.25, 0.3) is 0 Å². The Morgan fingerprint density at radius 2 is 1.58 bits per heavy atom. The van der Waals surface area contributed by atoms with Crippen molar-refractivity contribution in [3.8, 4) is 6.07 Å². The Labute approximate surface area is 115 Å². The lowest BCUT2D eigenvalue weighted by atomic mass is 10.3. The first-order valence-corrected chi connectivity index (χ1v) is 6.97. The van der Waals surface area contributed by atoms with Crippen molar-refractivity contribution >= 4 is 5.91 Å². The standard InChI is InChI=1S/C13H23N5O/c1-15-4-10-18(11-5-15)13(19)12-17-8-6-16(3-2-14)7-9-17/h3-12H2,1H3. The molecular weight excluding hydrogens is 242 g/mol. The van der Waals surface area contributed by atoms with Gasteiger partial charge in [0.1, 0.15) is 0 Å². The van der Waals surface area contributed by atoms with Gasteiger partial charge in [0.15, 0.2) is 0 Å². The molecule has 0 N–H and O–H groups in total. The highest BCUT2D eigenvalue weighted by Gasteiger charge is 2.23. The van der Waals surface area contributed by atoms with Gasteiger partial charge in [0.25, 0.3) is 0 Å². The zero-order chi connectivity index (χ0) is 13.7. The number of likely N-dealkylation sites (N-methyl/N-ethyl adjacent to an activating group) is 1. The van der Waals surface area contributed by atoms with Crippen LogP contribution in [0.4, 0.5) is 0 Å². The van der Waals surface area contributed by atoms with E-state index in [1.807, 2.05) is 4.90 Å². The number of nitriles is 1. The summed E-state index contributed by atoms with van der Waals surface area (Å²) in [7, 11) is 2.09. The number of carbonyl (C=O) groups excluding carboxylic acids is 1. The van der Waals surface area contributed by atoms with Crippen molar-refractivity contribution in [1.82, 2.24) is 19.6 Å². The van der Waals surface area contributed by atoms with Crippen LogP contribution in [0.2, 0.25) is 0 Å². The Balaban J connectivity index is 1.70. The first-order chi connectivity index (χ1) is 9.19. The topological polar surface area (TPSA) is 53.8 Å². The maximum absolute atomic E-state index is 12.2. The van der Waals surface area contributed by atoms with Crippen LogP contribution in [0.15, 0.2) is 0 Å². The first kappa shape index (κ1) is 14.3. The van der Waals surface area contributed by atoms with Gasteiger partial charge < -0.3 is 9.80 Å². The Morgan fingerprint density at radius 3 is 2.16 bits per heavy atom. The monoisotopic (exact) mass is 265 g/mol. The van der Waals surface area contributed by atoms with Gasteiger partial charge in [-0.3, -0.25) is 14.6 Å². The molecule has 0 unspecified atom stereocenters. The van der Waals surface area contributed by atoms with Gasteiger partial charge in [-0.15, -0.1) is 0 Å². The van der Waals surface area contributed by atoms with Crippen LogP contribution in [-0.4, -0.2) is 98.0 Å². The summed E-state index contributed by atoms with van der Waals surface area (Å²) < 4.78 is 0. The van der Waals surface area contributed by atoms with Gasteiger partial charge in [-0.05, 0) is 7.05 Å². The second kappa shape index (κ2) is 6.85. The summed E-state index contributed by atoms with van der Waals surface area (Å²) in [5.41, 5.74) is 0. The van der Waals surface area contributed by atoms with Crippen molar-refractivity contribution in [2.24, 2.45) is 0 Å². The molecule has 2 heterocycles. The highest BCUT2D eigenvalue weighted by molar-refractivity contribution is 5.78. The van der Waals surface area contributed by atoms with Gasteiger partial charge in [0.05, 0.1) is 19.2 Å². The van der Waals surface area contributed by atoms with Crippen LogP contribution >= 0.6 is 0 Å². The number of amides is 1. The van der Waals surface area contributed by atoms with E-state index in [0.717, 1.165) is 52.4 Å². The minimum Gasteiger partial charge on any atom is -0.339 e. The molecule has 0 atom stereocenters. The molecule has 0 spiro atoms. The summed E-state index contributed by atoms with van der Waals surface area (Å²) in [6, 6.07) is 2.18. The van der Waals surface area contributed by atoms with E-state index in [2.05, 4.69) is 27.8 Å². The average molecular weight is 265 g/mol. The van der Waals surface area contributed by atoms with Crippen LogP contribution in [0.3, 0.4) is 0 Å². The number of nitrogens with zero attached hydrogens (tertiary/aromatic N) is 5. The first-order valence-electron chi connectivity index (χ1n) is 6.97. The molecule has 0 bridgehead atoms. The fraction of sp³-hybridized carbons (Fsp3) is 0.846. The quantitative estimate of drug-likeness (QED) is 0.607. The number of hydrogen-bond donors (Lipinski definition) is 0. The maximum atomic E-state index is 12.2.